The molecule has 2 amide bonds. The third-order valence-electron chi connectivity index (χ3n) is 3.56. The van der Waals surface area contributed by atoms with Gasteiger partial charge in [0.25, 0.3) is 0 Å². The summed E-state index contributed by atoms with van der Waals surface area (Å²) in [4.78, 5) is 23.9. The number of hydrogen-bond donors (Lipinski definition) is 2. The monoisotopic (exact) mass is 330 g/mol. The van der Waals surface area contributed by atoms with Crippen LogP contribution in [0.25, 0.3) is 0 Å². The molecule has 0 heterocycles. The van der Waals surface area contributed by atoms with E-state index in [0.717, 1.165) is 12.0 Å². The number of amides is 2. The fourth-order valence-corrected chi connectivity index (χ4v) is 2.31. The van der Waals surface area contributed by atoms with Gasteiger partial charge >= 0.3 is 11.8 Å². The lowest BCUT2D eigenvalue weighted by Gasteiger charge is -2.15. The minimum Gasteiger partial charge on any atom is -0.341 e. The van der Waals surface area contributed by atoms with Crippen molar-refractivity contribution >= 4 is 29.1 Å². The number of aryl methyl sites for hydroxylation is 1. The Bertz CT molecular complexity index is 698. The van der Waals surface area contributed by atoms with Crippen LogP contribution < -0.4 is 10.6 Å². The number of carbonyl (C=O) groups is 2. The minimum atomic E-state index is -0.741. The van der Waals surface area contributed by atoms with Crippen LogP contribution in [0.2, 0.25) is 5.02 Å². The number of hydrogen-bond acceptors (Lipinski definition) is 2. The highest BCUT2D eigenvalue weighted by Gasteiger charge is 2.18. The van der Waals surface area contributed by atoms with Crippen molar-refractivity contribution in [1.82, 2.24) is 5.32 Å². The van der Waals surface area contributed by atoms with Crippen LogP contribution in [0.5, 0.6) is 0 Å². The Morgan fingerprint density at radius 1 is 1.04 bits per heavy atom. The average molecular weight is 331 g/mol. The van der Waals surface area contributed by atoms with Gasteiger partial charge in [0.2, 0.25) is 0 Å². The molecule has 2 rings (SSSR count). The topological polar surface area (TPSA) is 58.2 Å². The highest BCUT2D eigenvalue weighted by atomic mass is 35.5. The van der Waals surface area contributed by atoms with Gasteiger partial charge in [-0.05, 0) is 36.6 Å². The number of para-hydroxylation sites is 1. The first-order valence-corrected chi connectivity index (χ1v) is 7.84. The van der Waals surface area contributed by atoms with E-state index in [9.17, 15) is 9.59 Å². The number of benzene rings is 2. The van der Waals surface area contributed by atoms with Gasteiger partial charge in [-0.3, -0.25) is 9.59 Å². The molecule has 0 aliphatic carbocycles. The van der Waals surface area contributed by atoms with Gasteiger partial charge in [-0.1, -0.05) is 54.9 Å². The van der Waals surface area contributed by atoms with Crippen molar-refractivity contribution in [1.29, 1.82) is 0 Å². The molecule has 0 radical (unpaired) electrons. The Labute approximate surface area is 140 Å². The molecule has 4 nitrogen and oxygen atoms in total. The quantitative estimate of drug-likeness (QED) is 0.839. The largest absolute Gasteiger partial charge is 0.341 e. The number of anilines is 1. The highest BCUT2D eigenvalue weighted by Crippen LogP contribution is 2.20. The lowest BCUT2D eigenvalue weighted by Crippen LogP contribution is -2.36. The first-order chi connectivity index (χ1) is 11.0. The molecule has 2 aromatic carbocycles. The van der Waals surface area contributed by atoms with Crippen molar-refractivity contribution in [3.05, 3.63) is 64.7 Å². The predicted molar refractivity (Wildman–Crippen MR) is 92.5 cm³/mol. The van der Waals surface area contributed by atoms with Gasteiger partial charge in [-0.2, -0.15) is 0 Å². The van der Waals surface area contributed by atoms with Crippen molar-refractivity contribution in [2.24, 2.45) is 0 Å². The highest BCUT2D eigenvalue weighted by molar-refractivity contribution is 6.41. The number of nitrogens with one attached hydrogen (secondary N) is 2. The van der Waals surface area contributed by atoms with E-state index in [0.29, 0.717) is 10.7 Å². The summed E-state index contributed by atoms with van der Waals surface area (Å²) in [7, 11) is 0. The molecule has 0 aromatic heterocycles. The van der Waals surface area contributed by atoms with Crippen LogP contribution >= 0.6 is 11.6 Å². The second-order valence-electron chi connectivity index (χ2n) is 5.22. The normalized spacial score (nSPS) is 11.6. The standard InChI is InChI=1S/C18H19ClN2O2/c1-3-13-8-10-14(11-9-13)12(2)20-17(22)18(23)21-16-7-5-4-6-15(16)19/h4-12H,3H2,1-2H3,(H,20,22)(H,21,23). The zero-order valence-electron chi connectivity index (χ0n) is 13.1. The Morgan fingerprint density at radius 2 is 1.70 bits per heavy atom. The third-order valence-corrected chi connectivity index (χ3v) is 3.89. The summed E-state index contributed by atoms with van der Waals surface area (Å²) in [5.74, 6) is -1.44. The van der Waals surface area contributed by atoms with Crippen molar-refractivity contribution in [3.8, 4) is 0 Å². The fourth-order valence-electron chi connectivity index (χ4n) is 2.13. The van der Waals surface area contributed by atoms with Gasteiger partial charge in [-0.15, -0.1) is 0 Å². The summed E-state index contributed by atoms with van der Waals surface area (Å²) in [5, 5.41) is 5.57. The van der Waals surface area contributed by atoms with E-state index in [2.05, 4.69) is 17.6 Å². The zero-order valence-corrected chi connectivity index (χ0v) is 13.9. The molecule has 0 aliphatic rings. The second-order valence-corrected chi connectivity index (χ2v) is 5.63. The molecule has 5 heteroatoms. The maximum absolute atomic E-state index is 12.0. The number of carbonyl (C=O) groups excluding carboxylic acids is 2. The van der Waals surface area contributed by atoms with Crippen LogP contribution in [-0.4, -0.2) is 11.8 Å². The molecule has 0 aliphatic heterocycles. The number of rotatable bonds is 4. The SMILES string of the molecule is CCc1ccc(C(C)NC(=O)C(=O)Nc2ccccc2Cl)cc1. The van der Waals surface area contributed by atoms with Crippen molar-refractivity contribution in [3.63, 3.8) is 0 Å². The van der Waals surface area contributed by atoms with Gasteiger partial charge in [0.1, 0.15) is 0 Å². The smallest absolute Gasteiger partial charge is 0.313 e. The molecule has 0 spiro atoms. The molecule has 0 fully saturated rings. The van der Waals surface area contributed by atoms with E-state index in [1.807, 2.05) is 31.2 Å². The lowest BCUT2D eigenvalue weighted by atomic mass is 10.1. The summed E-state index contributed by atoms with van der Waals surface area (Å²) in [5.41, 5.74) is 2.58. The van der Waals surface area contributed by atoms with Crippen molar-refractivity contribution in [2.75, 3.05) is 5.32 Å². The average Bonchev–Trinajstić information content (AvgIpc) is 2.56. The van der Waals surface area contributed by atoms with Crippen LogP contribution in [0.3, 0.4) is 0 Å². The van der Waals surface area contributed by atoms with Crippen LogP contribution in [0.15, 0.2) is 48.5 Å². The first kappa shape index (κ1) is 17.0. The maximum atomic E-state index is 12.0. The van der Waals surface area contributed by atoms with Crippen LogP contribution in [0, 0.1) is 0 Å². The summed E-state index contributed by atoms with van der Waals surface area (Å²) >= 11 is 5.96. The summed E-state index contributed by atoms with van der Waals surface area (Å²) < 4.78 is 0. The zero-order chi connectivity index (χ0) is 16.8. The van der Waals surface area contributed by atoms with Crippen LogP contribution in [-0.2, 0) is 16.0 Å². The molecule has 1 unspecified atom stereocenters. The molecule has 0 bridgehead atoms. The summed E-state index contributed by atoms with van der Waals surface area (Å²) in [6, 6.07) is 14.4. The van der Waals surface area contributed by atoms with E-state index in [1.165, 1.54) is 5.56 Å². The van der Waals surface area contributed by atoms with Gasteiger partial charge < -0.3 is 10.6 Å². The Hall–Kier alpha value is -2.33. The molecular weight excluding hydrogens is 312 g/mol. The van der Waals surface area contributed by atoms with Crippen LogP contribution in [0.4, 0.5) is 5.69 Å². The molecule has 2 N–H and O–H groups in total. The van der Waals surface area contributed by atoms with E-state index in [-0.39, 0.29) is 6.04 Å². The van der Waals surface area contributed by atoms with Crippen molar-refractivity contribution in [2.45, 2.75) is 26.3 Å². The lowest BCUT2D eigenvalue weighted by molar-refractivity contribution is -0.136. The molecule has 1 atom stereocenters. The third kappa shape index (κ3) is 4.57. The van der Waals surface area contributed by atoms with E-state index in [1.54, 1.807) is 24.3 Å². The molecule has 0 saturated heterocycles. The van der Waals surface area contributed by atoms with E-state index in [4.69, 9.17) is 11.6 Å². The van der Waals surface area contributed by atoms with Crippen molar-refractivity contribution < 1.29 is 9.59 Å². The maximum Gasteiger partial charge on any atom is 0.313 e. The minimum absolute atomic E-state index is 0.259. The molecule has 23 heavy (non-hydrogen) atoms. The summed E-state index contributed by atoms with van der Waals surface area (Å²) in [6.07, 6.45) is 0.960. The van der Waals surface area contributed by atoms with Crippen LogP contribution in [0.1, 0.15) is 31.0 Å². The molecular formula is C18H19ClN2O2. The molecule has 120 valence electrons. The predicted octanol–water partition coefficient (Wildman–Crippen LogP) is 3.72. The Morgan fingerprint density at radius 3 is 2.30 bits per heavy atom. The van der Waals surface area contributed by atoms with E-state index >= 15 is 0 Å². The van der Waals surface area contributed by atoms with Gasteiger partial charge in [-0.25, -0.2) is 0 Å². The number of halogens is 1. The van der Waals surface area contributed by atoms with Gasteiger partial charge in [0, 0.05) is 0 Å². The Kier molecular flexibility index (Phi) is 5.77. The first-order valence-electron chi connectivity index (χ1n) is 7.46. The molecule has 2 aromatic rings. The van der Waals surface area contributed by atoms with Gasteiger partial charge in [0.05, 0.1) is 16.8 Å². The van der Waals surface area contributed by atoms with E-state index < -0.39 is 11.8 Å². The Balaban J connectivity index is 1.97. The molecule has 0 saturated carbocycles. The summed E-state index contributed by atoms with van der Waals surface area (Å²) in [6.45, 7) is 3.92. The second kappa shape index (κ2) is 7.79. The van der Waals surface area contributed by atoms with Gasteiger partial charge in [0.15, 0.2) is 0 Å². The fraction of sp³-hybridized carbons (Fsp3) is 0.222.